The van der Waals surface area contributed by atoms with Gasteiger partial charge in [0.2, 0.25) is 5.95 Å². The molecule has 2 fully saturated rings. The van der Waals surface area contributed by atoms with Gasteiger partial charge in [-0.15, -0.1) is 0 Å². The van der Waals surface area contributed by atoms with E-state index in [0.29, 0.717) is 5.82 Å². The van der Waals surface area contributed by atoms with Crippen molar-refractivity contribution in [3.05, 3.63) is 65.6 Å². The van der Waals surface area contributed by atoms with Gasteiger partial charge in [0.05, 0.1) is 18.4 Å². The molecule has 6 rings (SSSR count). The summed E-state index contributed by atoms with van der Waals surface area (Å²) in [6, 6.07) is 8.17. The molecular formula is C26H30FN11S. The molecule has 0 spiro atoms. The number of halogens is 1. The lowest BCUT2D eigenvalue weighted by Gasteiger charge is -2.43. The van der Waals surface area contributed by atoms with E-state index in [1.807, 2.05) is 38.1 Å². The van der Waals surface area contributed by atoms with Gasteiger partial charge in [0.15, 0.2) is 22.6 Å². The van der Waals surface area contributed by atoms with Crippen molar-refractivity contribution in [2.45, 2.75) is 51.7 Å². The van der Waals surface area contributed by atoms with Crippen LogP contribution < -0.4 is 15.5 Å². The third-order valence-electron chi connectivity index (χ3n) is 7.20. The second-order valence-corrected chi connectivity index (χ2v) is 10.6. The average Bonchev–Trinajstić information content (AvgIpc) is 3.60. The van der Waals surface area contributed by atoms with Crippen molar-refractivity contribution in [1.82, 2.24) is 45.1 Å². The van der Waals surface area contributed by atoms with Crippen LogP contribution in [-0.4, -0.2) is 70.1 Å². The minimum Gasteiger partial charge on any atom is -0.356 e. The van der Waals surface area contributed by atoms with Crippen molar-refractivity contribution >= 4 is 34.9 Å². The minimum absolute atomic E-state index is 0.0368. The fourth-order valence-electron chi connectivity index (χ4n) is 5.33. The predicted octanol–water partition coefficient (Wildman–Crippen LogP) is 3.57. The highest BCUT2D eigenvalue weighted by molar-refractivity contribution is 7.80. The van der Waals surface area contributed by atoms with Crippen LogP contribution >= 0.6 is 12.2 Å². The van der Waals surface area contributed by atoms with Gasteiger partial charge >= 0.3 is 0 Å². The van der Waals surface area contributed by atoms with Gasteiger partial charge in [-0.25, -0.2) is 19.0 Å². The molecule has 0 radical (unpaired) electrons. The highest BCUT2D eigenvalue weighted by atomic mass is 32.1. The van der Waals surface area contributed by atoms with Gasteiger partial charge in [-0.3, -0.25) is 5.10 Å². The maximum atomic E-state index is 13.3. The van der Waals surface area contributed by atoms with Crippen LogP contribution in [0.5, 0.6) is 0 Å². The molecule has 2 bridgehead atoms. The Kier molecular flexibility index (Phi) is 6.59. The summed E-state index contributed by atoms with van der Waals surface area (Å²) in [5.74, 6) is 2.33. The number of H-pyrrole nitrogens is 1. The molecule has 0 amide bonds. The number of nitrogens with one attached hydrogen (secondary N) is 3. The normalized spacial score (nSPS) is 19.3. The van der Waals surface area contributed by atoms with Crippen molar-refractivity contribution in [2.24, 2.45) is 0 Å². The standard InChI is InChI=1S/C26H30FN11S/c1-15-8-22(32-23-9-16(2)34-35-23)33-25(30-15)36-13-20-5-6-21(14-36)38(20)26(39)31-17(3)18-4-7-24(28-10-18)37-12-19(27)11-29-37/h4,7-12,17,20-21H,5-6,13-14H2,1-3H3,(H,31,39)(H2,30,32,33,34,35)/t17-,20-,21+/m0/s1. The number of aromatic amines is 1. The van der Waals surface area contributed by atoms with E-state index in [1.165, 1.54) is 10.9 Å². The number of thiocarbonyl (C=S) groups is 1. The predicted molar refractivity (Wildman–Crippen MR) is 150 cm³/mol. The van der Waals surface area contributed by atoms with Crippen molar-refractivity contribution < 1.29 is 4.39 Å². The number of rotatable bonds is 6. The number of hydrogen-bond donors (Lipinski definition) is 3. The van der Waals surface area contributed by atoms with Gasteiger partial charge in [-0.05, 0) is 57.5 Å². The number of anilines is 3. The molecule has 2 saturated heterocycles. The monoisotopic (exact) mass is 547 g/mol. The molecule has 202 valence electrons. The lowest BCUT2D eigenvalue weighted by molar-refractivity contribution is 0.269. The fourth-order valence-corrected chi connectivity index (χ4v) is 5.80. The largest absolute Gasteiger partial charge is 0.356 e. The number of nitrogens with zero attached hydrogens (tertiary/aromatic N) is 8. The Morgan fingerprint density at radius 2 is 1.90 bits per heavy atom. The molecule has 11 nitrogen and oxygen atoms in total. The molecule has 0 unspecified atom stereocenters. The molecule has 6 heterocycles. The van der Waals surface area contributed by atoms with E-state index in [-0.39, 0.29) is 18.1 Å². The lowest BCUT2D eigenvalue weighted by Crippen LogP contribution is -2.58. The topological polar surface area (TPSA) is 116 Å². The van der Waals surface area contributed by atoms with Gasteiger partial charge in [0.25, 0.3) is 0 Å². The number of hydrogen-bond acceptors (Lipinski definition) is 8. The van der Waals surface area contributed by atoms with Gasteiger partial charge in [0.1, 0.15) is 5.82 Å². The zero-order chi connectivity index (χ0) is 27.1. The molecule has 2 aliphatic heterocycles. The summed E-state index contributed by atoms with van der Waals surface area (Å²) >= 11 is 5.89. The summed E-state index contributed by atoms with van der Waals surface area (Å²) in [6.45, 7) is 7.60. The molecule has 0 saturated carbocycles. The summed E-state index contributed by atoms with van der Waals surface area (Å²) < 4.78 is 14.7. The first kappa shape index (κ1) is 25.2. The summed E-state index contributed by atoms with van der Waals surface area (Å²) in [5.41, 5.74) is 2.86. The summed E-state index contributed by atoms with van der Waals surface area (Å²) in [7, 11) is 0. The van der Waals surface area contributed by atoms with E-state index in [1.54, 1.807) is 6.20 Å². The Bertz CT molecular complexity index is 1470. The van der Waals surface area contributed by atoms with Gasteiger partial charge in [-0.1, -0.05) is 6.07 Å². The second kappa shape index (κ2) is 10.2. The van der Waals surface area contributed by atoms with Gasteiger partial charge in [0, 0.05) is 54.9 Å². The first-order valence-electron chi connectivity index (χ1n) is 13.0. The Morgan fingerprint density at radius 3 is 2.54 bits per heavy atom. The first-order chi connectivity index (χ1) is 18.8. The highest BCUT2D eigenvalue weighted by Gasteiger charge is 2.42. The third kappa shape index (κ3) is 5.26. The average molecular weight is 548 g/mol. The van der Waals surface area contributed by atoms with Gasteiger partial charge < -0.3 is 20.4 Å². The zero-order valence-corrected chi connectivity index (χ0v) is 22.8. The molecule has 0 aliphatic carbocycles. The Balaban J connectivity index is 1.10. The van der Waals surface area contributed by atoms with Crippen LogP contribution in [0, 0.1) is 19.7 Å². The van der Waals surface area contributed by atoms with E-state index in [4.69, 9.17) is 22.2 Å². The van der Waals surface area contributed by atoms with E-state index in [9.17, 15) is 4.39 Å². The number of fused-ring (bicyclic) bond motifs is 2. The van der Waals surface area contributed by atoms with Crippen molar-refractivity contribution in [1.29, 1.82) is 0 Å². The van der Waals surface area contributed by atoms with Crippen LogP contribution in [-0.2, 0) is 0 Å². The van der Waals surface area contributed by atoms with Crippen LogP contribution in [0.2, 0.25) is 0 Å². The molecule has 4 aromatic heterocycles. The number of aryl methyl sites for hydroxylation is 2. The van der Waals surface area contributed by atoms with Crippen molar-refractivity contribution in [3.8, 4) is 5.82 Å². The molecule has 2 aliphatic rings. The summed E-state index contributed by atoms with van der Waals surface area (Å²) in [4.78, 5) is 18.6. The van der Waals surface area contributed by atoms with Crippen LogP contribution in [0.15, 0.2) is 42.9 Å². The van der Waals surface area contributed by atoms with Crippen LogP contribution in [0.1, 0.15) is 42.8 Å². The van der Waals surface area contributed by atoms with Crippen LogP contribution in [0.3, 0.4) is 0 Å². The Labute approximate surface area is 230 Å². The van der Waals surface area contributed by atoms with Crippen molar-refractivity contribution in [2.75, 3.05) is 23.3 Å². The first-order valence-corrected chi connectivity index (χ1v) is 13.4. The fraction of sp³-hybridized carbons (Fsp3) is 0.385. The molecule has 4 aromatic rings. The van der Waals surface area contributed by atoms with E-state index >= 15 is 0 Å². The van der Waals surface area contributed by atoms with E-state index < -0.39 is 5.82 Å². The van der Waals surface area contributed by atoms with Gasteiger partial charge in [-0.2, -0.15) is 15.2 Å². The lowest BCUT2D eigenvalue weighted by atomic mass is 10.1. The number of piperazine rings is 1. The quantitative estimate of drug-likeness (QED) is 0.310. The van der Waals surface area contributed by atoms with Crippen LogP contribution in [0.4, 0.5) is 22.0 Å². The zero-order valence-electron chi connectivity index (χ0n) is 22.0. The summed E-state index contributed by atoms with van der Waals surface area (Å²) in [5, 5.41) is 18.7. The smallest absolute Gasteiger partial charge is 0.227 e. The maximum Gasteiger partial charge on any atom is 0.227 e. The summed E-state index contributed by atoms with van der Waals surface area (Å²) in [6.07, 6.45) is 6.37. The number of pyridine rings is 1. The van der Waals surface area contributed by atoms with Crippen LogP contribution in [0.25, 0.3) is 5.82 Å². The molecule has 13 heteroatoms. The molecule has 3 N–H and O–H groups in total. The van der Waals surface area contributed by atoms with Crippen molar-refractivity contribution in [3.63, 3.8) is 0 Å². The molecule has 3 atom stereocenters. The van der Waals surface area contributed by atoms with E-state index in [2.05, 4.69) is 47.6 Å². The third-order valence-corrected chi connectivity index (χ3v) is 7.53. The van der Waals surface area contributed by atoms with E-state index in [0.717, 1.165) is 71.8 Å². The molecule has 0 aromatic carbocycles. The SMILES string of the molecule is Cc1cc(Nc2cc(C)[nH]n2)nc(N2C[C@H]3CC[C@@H](C2)N3C(=S)N[C@@H](C)c2ccc(-n3cc(F)cn3)nc2)n1. The molecule has 39 heavy (non-hydrogen) atoms. The molecular weight excluding hydrogens is 517 g/mol. The highest BCUT2D eigenvalue weighted by Crippen LogP contribution is 2.33. The number of aromatic nitrogens is 7. The maximum absolute atomic E-state index is 13.3. The second-order valence-electron chi connectivity index (χ2n) is 10.2. The Morgan fingerprint density at radius 1 is 1.10 bits per heavy atom. The minimum atomic E-state index is -0.397. The Hall–Kier alpha value is -4.13.